The van der Waals surface area contributed by atoms with Crippen LogP contribution in [0.3, 0.4) is 0 Å². The van der Waals surface area contributed by atoms with Crippen molar-refractivity contribution in [2.45, 2.75) is 50.7 Å². The van der Waals surface area contributed by atoms with Crippen LogP contribution in [-0.2, 0) is 16.1 Å². The number of nitrogens with two attached hydrogens (primary N) is 1. The molecule has 0 spiro atoms. The van der Waals surface area contributed by atoms with Gasteiger partial charge in [0.25, 0.3) is 0 Å². The van der Waals surface area contributed by atoms with Gasteiger partial charge in [0.15, 0.2) is 0 Å². The first kappa shape index (κ1) is 15.6. The van der Waals surface area contributed by atoms with Crippen LogP contribution in [0.15, 0.2) is 12.5 Å². The highest BCUT2D eigenvalue weighted by atomic mass is 16.2. The Balaban J connectivity index is 1.31. The number of carbonyl (C=O) groups is 2. The molecule has 4 rings (SSSR count). The molecule has 2 saturated heterocycles. The van der Waals surface area contributed by atoms with Crippen molar-refractivity contribution < 1.29 is 9.59 Å². The van der Waals surface area contributed by atoms with Crippen LogP contribution in [0.5, 0.6) is 0 Å². The third kappa shape index (κ3) is 3.05. The van der Waals surface area contributed by atoms with Crippen LogP contribution in [0.1, 0.15) is 43.8 Å². The molecule has 1 aromatic heterocycles. The van der Waals surface area contributed by atoms with E-state index in [2.05, 4.69) is 14.5 Å². The van der Waals surface area contributed by atoms with Gasteiger partial charge in [-0.25, -0.2) is 4.98 Å². The maximum atomic E-state index is 12.1. The van der Waals surface area contributed by atoms with Crippen molar-refractivity contribution in [2.24, 2.45) is 11.7 Å². The number of hydrogen-bond donors (Lipinski definition) is 1. The fraction of sp³-hybridized carbons (Fsp3) is 0.706. The molecule has 1 atom stereocenters. The number of carbonyl (C=O) groups excluding carboxylic acids is 2. The van der Waals surface area contributed by atoms with Crippen molar-refractivity contribution in [3.63, 3.8) is 0 Å². The number of aromatic nitrogens is 2. The molecule has 0 radical (unpaired) electrons. The molecule has 0 aromatic carbocycles. The molecule has 2 amide bonds. The van der Waals surface area contributed by atoms with Crippen LogP contribution in [0.2, 0.25) is 0 Å². The highest BCUT2D eigenvalue weighted by Gasteiger charge is 2.38. The Hall–Kier alpha value is -1.89. The minimum absolute atomic E-state index is 0.0871. The van der Waals surface area contributed by atoms with Gasteiger partial charge in [-0.15, -0.1) is 0 Å². The number of hydrogen-bond acceptors (Lipinski definition) is 4. The zero-order valence-corrected chi connectivity index (χ0v) is 13.9. The van der Waals surface area contributed by atoms with Gasteiger partial charge < -0.3 is 15.2 Å². The average molecular weight is 331 g/mol. The van der Waals surface area contributed by atoms with Gasteiger partial charge in [0, 0.05) is 50.9 Å². The Labute approximate surface area is 141 Å². The van der Waals surface area contributed by atoms with Crippen molar-refractivity contribution in [1.29, 1.82) is 0 Å². The van der Waals surface area contributed by atoms with E-state index in [9.17, 15) is 9.59 Å². The fourth-order valence-electron chi connectivity index (χ4n) is 4.03. The van der Waals surface area contributed by atoms with Crippen LogP contribution >= 0.6 is 0 Å². The van der Waals surface area contributed by atoms with Crippen molar-refractivity contribution in [3.05, 3.63) is 18.2 Å². The standard InChI is InChI=1S/C17H25N5O2/c18-17(24)12-7-16(23)21(9-12)14-3-5-20(6-4-14)10-15-8-19-11-22(15)13-1-2-13/h8,11-14H,1-7,9-10H2,(H2,18,24). The number of imidazole rings is 1. The monoisotopic (exact) mass is 331 g/mol. The zero-order chi connectivity index (χ0) is 16.7. The molecule has 3 heterocycles. The van der Waals surface area contributed by atoms with E-state index in [1.807, 2.05) is 17.4 Å². The van der Waals surface area contributed by atoms with E-state index in [1.54, 1.807) is 0 Å². The van der Waals surface area contributed by atoms with E-state index in [-0.39, 0.29) is 30.2 Å². The first-order valence-corrected chi connectivity index (χ1v) is 8.93. The number of likely N-dealkylation sites (tertiary alicyclic amines) is 2. The molecular weight excluding hydrogens is 306 g/mol. The van der Waals surface area contributed by atoms with E-state index < -0.39 is 0 Å². The number of nitrogens with zero attached hydrogens (tertiary/aromatic N) is 4. The minimum atomic E-state index is -0.350. The Morgan fingerprint density at radius 2 is 1.96 bits per heavy atom. The Kier molecular flexibility index (Phi) is 4.04. The summed E-state index contributed by atoms with van der Waals surface area (Å²) in [5.41, 5.74) is 6.65. The van der Waals surface area contributed by atoms with Crippen LogP contribution in [0.25, 0.3) is 0 Å². The summed E-state index contributed by atoms with van der Waals surface area (Å²) in [6.07, 6.45) is 8.69. The first-order valence-electron chi connectivity index (χ1n) is 8.93. The third-order valence-corrected chi connectivity index (χ3v) is 5.63. The normalized spacial score (nSPS) is 26.2. The van der Waals surface area contributed by atoms with Crippen molar-refractivity contribution in [1.82, 2.24) is 19.4 Å². The smallest absolute Gasteiger partial charge is 0.223 e. The topological polar surface area (TPSA) is 84.5 Å². The lowest BCUT2D eigenvalue weighted by Crippen LogP contribution is -2.45. The molecule has 1 saturated carbocycles. The first-order chi connectivity index (χ1) is 11.6. The lowest BCUT2D eigenvalue weighted by Gasteiger charge is -2.36. The van der Waals surface area contributed by atoms with E-state index in [1.165, 1.54) is 18.5 Å². The molecule has 3 fully saturated rings. The van der Waals surface area contributed by atoms with Crippen molar-refractivity contribution >= 4 is 11.8 Å². The maximum absolute atomic E-state index is 12.1. The van der Waals surface area contributed by atoms with Gasteiger partial charge >= 0.3 is 0 Å². The van der Waals surface area contributed by atoms with Crippen LogP contribution in [0.4, 0.5) is 0 Å². The van der Waals surface area contributed by atoms with Gasteiger partial charge in [-0.3, -0.25) is 14.5 Å². The van der Waals surface area contributed by atoms with Gasteiger partial charge in [-0.1, -0.05) is 0 Å². The molecule has 7 nitrogen and oxygen atoms in total. The number of rotatable bonds is 5. The van der Waals surface area contributed by atoms with E-state index >= 15 is 0 Å². The van der Waals surface area contributed by atoms with E-state index in [0.29, 0.717) is 12.6 Å². The predicted octanol–water partition coefficient (Wildman–Crippen LogP) is 0.516. The summed E-state index contributed by atoms with van der Waals surface area (Å²) >= 11 is 0. The molecule has 1 unspecified atom stereocenters. The minimum Gasteiger partial charge on any atom is -0.369 e. The lowest BCUT2D eigenvalue weighted by molar-refractivity contribution is -0.130. The van der Waals surface area contributed by atoms with Crippen molar-refractivity contribution in [2.75, 3.05) is 19.6 Å². The quantitative estimate of drug-likeness (QED) is 0.852. The van der Waals surface area contributed by atoms with Gasteiger partial charge in [-0.05, 0) is 25.7 Å². The summed E-state index contributed by atoms with van der Waals surface area (Å²) in [7, 11) is 0. The number of piperidine rings is 1. The second-order valence-corrected chi connectivity index (χ2v) is 7.38. The van der Waals surface area contributed by atoms with Crippen molar-refractivity contribution in [3.8, 4) is 0 Å². The summed E-state index contributed by atoms with van der Waals surface area (Å²) in [5, 5.41) is 0. The Morgan fingerprint density at radius 1 is 1.21 bits per heavy atom. The molecule has 1 aliphatic carbocycles. The molecule has 2 aliphatic heterocycles. The highest BCUT2D eigenvalue weighted by Crippen LogP contribution is 2.36. The summed E-state index contributed by atoms with van der Waals surface area (Å²) in [4.78, 5) is 32.1. The average Bonchev–Trinajstić information content (AvgIpc) is 3.18. The Bertz CT molecular complexity index is 631. The van der Waals surface area contributed by atoms with Crippen LogP contribution in [-0.4, -0.2) is 56.8 Å². The summed E-state index contributed by atoms with van der Waals surface area (Å²) in [6, 6.07) is 0.916. The number of primary amides is 1. The van der Waals surface area contributed by atoms with Crippen LogP contribution in [0, 0.1) is 5.92 Å². The molecule has 7 heteroatoms. The summed E-state index contributed by atoms with van der Waals surface area (Å²) in [6.45, 7) is 3.39. The molecule has 3 aliphatic rings. The second kappa shape index (κ2) is 6.20. The largest absolute Gasteiger partial charge is 0.369 e. The highest BCUT2D eigenvalue weighted by molar-refractivity contribution is 5.88. The summed E-state index contributed by atoms with van der Waals surface area (Å²) in [5.74, 6) is -0.566. The van der Waals surface area contributed by atoms with Gasteiger partial charge in [-0.2, -0.15) is 0 Å². The van der Waals surface area contributed by atoms with E-state index in [0.717, 1.165) is 32.5 Å². The van der Waals surface area contributed by atoms with Crippen LogP contribution < -0.4 is 5.73 Å². The lowest BCUT2D eigenvalue weighted by atomic mass is 10.0. The predicted molar refractivity (Wildman–Crippen MR) is 87.8 cm³/mol. The third-order valence-electron chi connectivity index (χ3n) is 5.63. The molecule has 2 N–H and O–H groups in total. The molecule has 1 aromatic rings. The summed E-state index contributed by atoms with van der Waals surface area (Å²) < 4.78 is 2.31. The van der Waals surface area contributed by atoms with E-state index in [4.69, 9.17) is 5.73 Å². The molecule has 0 bridgehead atoms. The number of amides is 2. The molecular formula is C17H25N5O2. The van der Waals surface area contributed by atoms with Gasteiger partial charge in [0.1, 0.15) is 0 Å². The maximum Gasteiger partial charge on any atom is 0.223 e. The molecule has 24 heavy (non-hydrogen) atoms. The van der Waals surface area contributed by atoms with Gasteiger partial charge in [0.05, 0.1) is 17.9 Å². The zero-order valence-electron chi connectivity index (χ0n) is 13.9. The Morgan fingerprint density at radius 3 is 2.58 bits per heavy atom. The molecule has 130 valence electrons. The second-order valence-electron chi connectivity index (χ2n) is 7.38. The SMILES string of the molecule is NC(=O)C1CC(=O)N(C2CCN(Cc3cncn3C3CC3)CC2)C1. The fourth-order valence-corrected chi connectivity index (χ4v) is 4.03. The van der Waals surface area contributed by atoms with Gasteiger partial charge in [0.2, 0.25) is 11.8 Å².